The van der Waals surface area contributed by atoms with Gasteiger partial charge in [-0.1, -0.05) is 23.7 Å². The molecular formula is C18H20ClFN2O3S. The molecule has 2 aromatic rings. The van der Waals surface area contributed by atoms with Crippen LogP contribution in [0.3, 0.4) is 0 Å². The fourth-order valence-electron chi connectivity index (χ4n) is 2.92. The summed E-state index contributed by atoms with van der Waals surface area (Å²) in [6, 6.07) is 11.9. The maximum atomic E-state index is 13.3. The summed E-state index contributed by atoms with van der Waals surface area (Å²) in [4.78, 5) is 2.29. The van der Waals surface area contributed by atoms with Crippen molar-refractivity contribution in [2.75, 3.05) is 32.8 Å². The van der Waals surface area contributed by atoms with E-state index >= 15 is 0 Å². The van der Waals surface area contributed by atoms with E-state index in [4.69, 9.17) is 16.3 Å². The third-order valence-electron chi connectivity index (χ3n) is 4.33. The molecule has 1 atom stereocenters. The van der Waals surface area contributed by atoms with Gasteiger partial charge in [0.1, 0.15) is 5.82 Å². The smallest absolute Gasteiger partial charge is 0.240 e. The van der Waals surface area contributed by atoms with E-state index in [-0.39, 0.29) is 23.3 Å². The number of hydrogen-bond donors (Lipinski definition) is 1. The average molecular weight is 399 g/mol. The molecule has 1 N–H and O–H groups in total. The highest BCUT2D eigenvalue weighted by Crippen LogP contribution is 2.23. The van der Waals surface area contributed by atoms with Gasteiger partial charge in [-0.15, -0.1) is 0 Å². The third kappa shape index (κ3) is 4.81. The number of nitrogens with one attached hydrogen (secondary N) is 1. The minimum absolute atomic E-state index is 0.154. The summed E-state index contributed by atoms with van der Waals surface area (Å²) < 4.78 is 46.4. The molecule has 3 rings (SSSR count). The van der Waals surface area contributed by atoms with Crippen LogP contribution < -0.4 is 4.72 Å². The third-order valence-corrected chi connectivity index (χ3v) is 6.02. The van der Waals surface area contributed by atoms with Gasteiger partial charge in [0, 0.05) is 30.7 Å². The van der Waals surface area contributed by atoms with Crippen LogP contribution in [0.4, 0.5) is 4.39 Å². The van der Waals surface area contributed by atoms with Gasteiger partial charge in [-0.3, -0.25) is 4.90 Å². The Morgan fingerprint density at radius 3 is 2.31 bits per heavy atom. The van der Waals surface area contributed by atoms with Crippen molar-refractivity contribution in [3.05, 3.63) is 64.9 Å². The second kappa shape index (κ2) is 8.45. The van der Waals surface area contributed by atoms with E-state index in [1.807, 2.05) is 0 Å². The van der Waals surface area contributed by atoms with Gasteiger partial charge < -0.3 is 4.74 Å². The van der Waals surface area contributed by atoms with Crippen LogP contribution in [0.1, 0.15) is 11.6 Å². The van der Waals surface area contributed by atoms with Crippen LogP contribution in [0.25, 0.3) is 0 Å². The summed E-state index contributed by atoms with van der Waals surface area (Å²) in [5, 5.41) is 0.474. The molecule has 0 unspecified atom stereocenters. The molecule has 0 aliphatic carbocycles. The highest BCUT2D eigenvalue weighted by molar-refractivity contribution is 7.89. The van der Waals surface area contributed by atoms with Crippen molar-refractivity contribution in [3.8, 4) is 0 Å². The van der Waals surface area contributed by atoms with Crippen LogP contribution in [0.5, 0.6) is 0 Å². The quantitative estimate of drug-likeness (QED) is 0.812. The van der Waals surface area contributed by atoms with E-state index in [1.165, 1.54) is 36.4 Å². The Morgan fingerprint density at radius 1 is 1.08 bits per heavy atom. The van der Waals surface area contributed by atoms with Crippen LogP contribution in [0, 0.1) is 5.82 Å². The van der Waals surface area contributed by atoms with Crippen LogP contribution in [-0.2, 0) is 14.8 Å². The lowest BCUT2D eigenvalue weighted by Gasteiger charge is -2.34. The minimum Gasteiger partial charge on any atom is -0.379 e. The Labute approximate surface area is 157 Å². The molecule has 0 spiro atoms. The molecule has 1 heterocycles. The highest BCUT2D eigenvalue weighted by Gasteiger charge is 2.25. The van der Waals surface area contributed by atoms with Crippen molar-refractivity contribution in [2.45, 2.75) is 10.9 Å². The minimum atomic E-state index is -3.67. The lowest BCUT2D eigenvalue weighted by molar-refractivity contribution is 0.0172. The molecule has 1 saturated heterocycles. The second-order valence-electron chi connectivity index (χ2n) is 6.02. The number of morpholine rings is 1. The Kier molecular flexibility index (Phi) is 6.26. The van der Waals surface area contributed by atoms with Crippen LogP contribution in [-0.4, -0.2) is 46.2 Å². The van der Waals surface area contributed by atoms with Crippen molar-refractivity contribution in [1.82, 2.24) is 9.62 Å². The maximum absolute atomic E-state index is 13.3. The zero-order chi connectivity index (χ0) is 18.6. The summed E-state index contributed by atoms with van der Waals surface area (Å²) in [6.45, 7) is 2.72. The molecule has 0 saturated carbocycles. The zero-order valence-corrected chi connectivity index (χ0v) is 15.6. The first-order valence-corrected chi connectivity index (χ1v) is 10.1. The Bertz CT molecular complexity index is 823. The number of ether oxygens (including phenoxy) is 1. The van der Waals surface area contributed by atoms with Gasteiger partial charge in [0.2, 0.25) is 10.0 Å². The molecule has 0 bridgehead atoms. The zero-order valence-electron chi connectivity index (χ0n) is 14.1. The summed E-state index contributed by atoms with van der Waals surface area (Å²) in [5.41, 5.74) is 0.854. The van der Waals surface area contributed by atoms with E-state index in [0.717, 1.165) is 5.56 Å². The number of sulfonamides is 1. The Hall–Kier alpha value is -1.51. The summed E-state index contributed by atoms with van der Waals surface area (Å²) in [5.74, 6) is -0.323. The number of hydrogen-bond acceptors (Lipinski definition) is 4. The lowest BCUT2D eigenvalue weighted by Crippen LogP contribution is -2.43. The monoisotopic (exact) mass is 398 g/mol. The van der Waals surface area contributed by atoms with Gasteiger partial charge in [-0.25, -0.2) is 17.5 Å². The first-order valence-electron chi connectivity index (χ1n) is 8.28. The fraction of sp³-hybridized carbons (Fsp3) is 0.333. The normalized spacial score (nSPS) is 17.2. The maximum Gasteiger partial charge on any atom is 0.240 e. The average Bonchev–Trinajstić information content (AvgIpc) is 2.64. The molecule has 5 nitrogen and oxygen atoms in total. The summed E-state index contributed by atoms with van der Waals surface area (Å²) in [7, 11) is -3.67. The lowest BCUT2D eigenvalue weighted by atomic mass is 10.0. The second-order valence-corrected chi connectivity index (χ2v) is 8.22. The Balaban J connectivity index is 1.78. The molecule has 0 amide bonds. The number of rotatable bonds is 6. The topological polar surface area (TPSA) is 58.6 Å². The molecule has 0 aromatic heterocycles. The van der Waals surface area contributed by atoms with Crippen molar-refractivity contribution < 1.29 is 17.5 Å². The molecular weight excluding hydrogens is 379 g/mol. The SMILES string of the molecule is O=S(=O)(NC[C@H](c1ccc(F)cc1)N1CCOCC1)c1ccc(Cl)cc1. The van der Waals surface area contributed by atoms with Gasteiger partial charge in [-0.05, 0) is 42.0 Å². The molecule has 140 valence electrons. The molecule has 1 fully saturated rings. The first kappa shape index (κ1) is 19.3. The molecule has 8 heteroatoms. The summed E-state index contributed by atoms with van der Waals surface area (Å²) >= 11 is 5.82. The first-order chi connectivity index (χ1) is 12.5. The van der Waals surface area contributed by atoms with E-state index < -0.39 is 10.0 Å². The summed E-state index contributed by atoms with van der Waals surface area (Å²) in [6.07, 6.45) is 0. The van der Waals surface area contributed by atoms with Crippen LogP contribution in [0.15, 0.2) is 53.4 Å². The van der Waals surface area contributed by atoms with E-state index in [1.54, 1.807) is 12.1 Å². The number of halogens is 2. The highest BCUT2D eigenvalue weighted by atomic mass is 35.5. The van der Waals surface area contributed by atoms with Crippen LogP contribution in [0.2, 0.25) is 5.02 Å². The van der Waals surface area contributed by atoms with Crippen LogP contribution >= 0.6 is 11.6 Å². The standard InChI is InChI=1S/C18H20ClFN2O3S/c19-15-3-7-17(8-4-15)26(23,24)21-13-18(22-9-11-25-12-10-22)14-1-5-16(20)6-2-14/h1-8,18,21H,9-13H2/t18-/m1/s1. The largest absolute Gasteiger partial charge is 0.379 e. The van der Waals surface area contributed by atoms with Crippen molar-refractivity contribution in [3.63, 3.8) is 0 Å². The molecule has 1 aliphatic heterocycles. The fourth-order valence-corrected chi connectivity index (χ4v) is 4.08. The van der Waals surface area contributed by atoms with E-state index in [9.17, 15) is 12.8 Å². The molecule has 2 aromatic carbocycles. The van der Waals surface area contributed by atoms with E-state index in [2.05, 4.69) is 9.62 Å². The molecule has 26 heavy (non-hydrogen) atoms. The van der Waals surface area contributed by atoms with Crippen molar-refractivity contribution >= 4 is 21.6 Å². The predicted molar refractivity (Wildman–Crippen MR) is 98.2 cm³/mol. The van der Waals surface area contributed by atoms with Gasteiger partial charge in [-0.2, -0.15) is 0 Å². The van der Waals surface area contributed by atoms with Crippen molar-refractivity contribution in [2.24, 2.45) is 0 Å². The number of benzene rings is 2. The van der Waals surface area contributed by atoms with Gasteiger partial charge in [0.25, 0.3) is 0 Å². The molecule has 1 aliphatic rings. The van der Waals surface area contributed by atoms with Crippen molar-refractivity contribution in [1.29, 1.82) is 0 Å². The number of nitrogens with zero attached hydrogens (tertiary/aromatic N) is 1. The molecule has 0 radical (unpaired) electrons. The van der Waals surface area contributed by atoms with E-state index in [0.29, 0.717) is 31.3 Å². The predicted octanol–water partition coefficient (Wildman–Crippen LogP) is 2.83. The van der Waals surface area contributed by atoms with Gasteiger partial charge in [0.05, 0.1) is 18.1 Å². The Morgan fingerprint density at radius 2 is 1.69 bits per heavy atom. The van der Waals surface area contributed by atoms with Gasteiger partial charge >= 0.3 is 0 Å². The van der Waals surface area contributed by atoms with Gasteiger partial charge in [0.15, 0.2) is 0 Å².